The van der Waals surface area contributed by atoms with Crippen molar-refractivity contribution in [3.63, 3.8) is 0 Å². The molecule has 1 unspecified atom stereocenters. The highest BCUT2D eigenvalue weighted by Crippen LogP contribution is 2.30. The summed E-state index contributed by atoms with van der Waals surface area (Å²) < 4.78 is 5.44. The molecule has 0 aliphatic heterocycles. The van der Waals surface area contributed by atoms with Gasteiger partial charge in [-0.1, -0.05) is 11.6 Å². The van der Waals surface area contributed by atoms with E-state index in [1.165, 1.54) is 18.4 Å². The number of thiophene rings is 1. The average Bonchev–Trinajstić information content (AvgIpc) is 2.60. The standard InChI is InChI=1S/C9H11ClO2S2/c1-12-9(11)6(5-13-2)7-3-4-8(10)14-7/h3-4,6H,5H2,1-2H3. The van der Waals surface area contributed by atoms with Crippen LogP contribution in [0.3, 0.4) is 0 Å². The van der Waals surface area contributed by atoms with Gasteiger partial charge in [0.05, 0.1) is 11.4 Å². The number of halogens is 1. The van der Waals surface area contributed by atoms with Gasteiger partial charge < -0.3 is 4.74 Å². The van der Waals surface area contributed by atoms with Crippen LogP contribution in [0, 0.1) is 0 Å². The van der Waals surface area contributed by atoms with Gasteiger partial charge >= 0.3 is 5.97 Å². The summed E-state index contributed by atoms with van der Waals surface area (Å²) in [4.78, 5) is 12.4. The first-order valence-corrected chi connectivity index (χ1v) is 6.60. The Kier molecular flexibility index (Phi) is 4.78. The van der Waals surface area contributed by atoms with Crippen LogP contribution in [0.4, 0.5) is 0 Å². The highest BCUT2D eigenvalue weighted by molar-refractivity contribution is 7.98. The van der Waals surface area contributed by atoms with Crippen molar-refractivity contribution >= 4 is 40.7 Å². The van der Waals surface area contributed by atoms with Gasteiger partial charge in [-0.3, -0.25) is 4.79 Å². The number of hydrogen-bond donors (Lipinski definition) is 0. The fourth-order valence-corrected chi connectivity index (χ4v) is 2.99. The largest absolute Gasteiger partial charge is 0.469 e. The van der Waals surface area contributed by atoms with Crippen molar-refractivity contribution < 1.29 is 9.53 Å². The van der Waals surface area contributed by atoms with Crippen molar-refractivity contribution in [2.45, 2.75) is 5.92 Å². The number of hydrogen-bond acceptors (Lipinski definition) is 4. The van der Waals surface area contributed by atoms with Crippen LogP contribution >= 0.6 is 34.7 Å². The second-order valence-corrected chi connectivity index (χ2v) is 5.33. The monoisotopic (exact) mass is 250 g/mol. The van der Waals surface area contributed by atoms with E-state index in [0.717, 1.165) is 10.6 Å². The molecule has 0 saturated heterocycles. The molecule has 1 heterocycles. The molecule has 1 aromatic heterocycles. The molecule has 0 amide bonds. The van der Waals surface area contributed by atoms with Crippen LogP contribution in [-0.2, 0) is 9.53 Å². The Bertz CT molecular complexity index is 312. The first-order valence-electron chi connectivity index (χ1n) is 4.01. The molecular weight excluding hydrogens is 240 g/mol. The minimum absolute atomic E-state index is 0.188. The third-order valence-corrected chi connectivity index (χ3v) is 3.77. The van der Waals surface area contributed by atoms with E-state index in [0.29, 0.717) is 4.34 Å². The summed E-state index contributed by atoms with van der Waals surface area (Å²) in [6.07, 6.45) is 1.96. The van der Waals surface area contributed by atoms with Crippen molar-refractivity contribution in [1.29, 1.82) is 0 Å². The average molecular weight is 251 g/mol. The van der Waals surface area contributed by atoms with E-state index in [4.69, 9.17) is 16.3 Å². The summed E-state index contributed by atoms with van der Waals surface area (Å²) in [5.41, 5.74) is 0. The van der Waals surface area contributed by atoms with Crippen LogP contribution in [0.25, 0.3) is 0 Å². The Hall–Kier alpha value is -0.190. The smallest absolute Gasteiger partial charge is 0.314 e. The third-order valence-electron chi connectivity index (χ3n) is 1.76. The predicted molar refractivity (Wildman–Crippen MR) is 62.5 cm³/mol. The van der Waals surface area contributed by atoms with E-state index >= 15 is 0 Å². The van der Waals surface area contributed by atoms with Crippen LogP contribution in [0.5, 0.6) is 0 Å². The Labute approximate surface area is 96.6 Å². The number of thioether (sulfide) groups is 1. The molecule has 0 aliphatic carbocycles. The van der Waals surface area contributed by atoms with Crippen LogP contribution in [-0.4, -0.2) is 25.1 Å². The van der Waals surface area contributed by atoms with Gasteiger partial charge in [-0.2, -0.15) is 11.8 Å². The number of carbonyl (C=O) groups is 1. The maximum atomic E-state index is 11.4. The summed E-state index contributed by atoms with van der Waals surface area (Å²) in [6.45, 7) is 0. The first kappa shape index (κ1) is 11.9. The Morgan fingerprint density at radius 1 is 1.71 bits per heavy atom. The molecule has 78 valence electrons. The molecule has 0 saturated carbocycles. The molecule has 0 radical (unpaired) electrons. The molecule has 0 aromatic carbocycles. The van der Waals surface area contributed by atoms with E-state index in [2.05, 4.69) is 0 Å². The normalized spacial score (nSPS) is 12.5. The molecule has 1 rings (SSSR count). The maximum Gasteiger partial charge on any atom is 0.314 e. The van der Waals surface area contributed by atoms with E-state index in [9.17, 15) is 4.79 Å². The van der Waals surface area contributed by atoms with Gasteiger partial charge in [0.2, 0.25) is 0 Å². The summed E-state index contributed by atoms with van der Waals surface area (Å²) in [5.74, 6) is 0.342. The SMILES string of the molecule is COC(=O)C(CSC)c1ccc(Cl)s1. The third kappa shape index (κ3) is 2.90. The molecule has 5 heteroatoms. The number of esters is 1. The molecule has 1 atom stereocenters. The maximum absolute atomic E-state index is 11.4. The van der Waals surface area contributed by atoms with Crippen LogP contribution in [0.1, 0.15) is 10.8 Å². The van der Waals surface area contributed by atoms with Crippen LogP contribution in [0.2, 0.25) is 4.34 Å². The van der Waals surface area contributed by atoms with E-state index < -0.39 is 0 Å². The predicted octanol–water partition coefficient (Wildman–Crippen LogP) is 3.02. The summed E-state index contributed by atoms with van der Waals surface area (Å²) in [5, 5.41) is 0. The molecule has 0 N–H and O–H groups in total. The van der Waals surface area contributed by atoms with Crippen molar-refractivity contribution in [3.8, 4) is 0 Å². The van der Waals surface area contributed by atoms with E-state index in [1.807, 2.05) is 12.3 Å². The van der Waals surface area contributed by atoms with Gasteiger partial charge in [0.25, 0.3) is 0 Å². The Morgan fingerprint density at radius 2 is 2.43 bits per heavy atom. The quantitative estimate of drug-likeness (QED) is 0.769. The first-order chi connectivity index (χ1) is 6.69. The molecule has 0 spiro atoms. The lowest BCUT2D eigenvalue weighted by atomic mass is 10.1. The van der Waals surface area contributed by atoms with Crippen molar-refractivity contribution in [2.75, 3.05) is 19.1 Å². The number of methoxy groups -OCH3 is 1. The fraction of sp³-hybridized carbons (Fsp3) is 0.444. The zero-order valence-electron chi connectivity index (χ0n) is 7.95. The lowest BCUT2D eigenvalue weighted by Gasteiger charge is -2.10. The molecule has 14 heavy (non-hydrogen) atoms. The van der Waals surface area contributed by atoms with Gasteiger partial charge in [0.1, 0.15) is 5.92 Å². The van der Waals surface area contributed by atoms with E-state index in [-0.39, 0.29) is 11.9 Å². The lowest BCUT2D eigenvalue weighted by molar-refractivity contribution is -0.141. The summed E-state index contributed by atoms with van der Waals surface area (Å²) in [6, 6.07) is 3.68. The van der Waals surface area contributed by atoms with Crippen LogP contribution < -0.4 is 0 Å². The topological polar surface area (TPSA) is 26.3 Å². The summed E-state index contributed by atoms with van der Waals surface area (Å²) >= 11 is 8.86. The zero-order chi connectivity index (χ0) is 10.6. The highest BCUT2D eigenvalue weighted by atomic mass is 35.5. The molecule has 1 aromatic rings. The lowest BCUT2D eigenvalue weighted by Crippen LogP contribution is -2.15. The van der Waals surface area contributed by atoms with Crippen molar-refractivity contribution in [3.05, 3.63) is 21.3 Å². The minimum atomic E-state index is -0.196. The Morgan fingerprint density at radius 3 is 2.86 bits per heavy atom. The molecule has 2 nitrogen and oxygen atoms in total. The number of ether oxygens (including phenoxy) is 1. The van der Waals surface area contributed by atoms with Gasteiger partial charge in [-0.25, -0.2) is 0 Å². The van der Waals surface area contributed by atoms with Crippen molar-refractivity contribution in [2.24, 2.45) is 0 Å². The molecule has 0 aliphatic rings. The number of carbonyl (C=O) groups excluding carboxylic acids is 1. The van der Waals surface area contributed by atoms with Crippen LogP contribution in [0.15, 0.2) is 12.1 Å². The molecule has 0 fully saturated rings. The zero-order valence-corrected chi connectivity index (χ0v) is 10.3. The Balaban J connectivity index is 2.82. The second-order valence-electron chi connectivity index (χ2n) is 2.67. The van der Waals surface area contributed by atoms with Gasteiger partial charge in [-0.05, 0) is 18.4 Å². The minimum Gasteiger partial charge on any atom is -0.469 e. The van der Waals surface area contributed by atoms with Gasteiger partial charge in [0.15, 0.2) is 0 Å². The molecule has 0 bridgehead atoms. The fourth-order valence-electron chi connectivity index (χ4n) is 1.09. The second kappa shape index (κ2) is 5.63. The summed E-state index contributed by atoms with van der Waals surface area (Å²) in [7, 11) is 1.41. The molecular formula is C9H11ClO2S2. The number of rotatable bonds is 4. The van der Waals surface area contributed by atoms with Gasteiger partial charge in [-0.15, -0.1) is 11.3 Å². The van der Waals surface area contributed by atoms with Crippen molar-refractivity contribution in [1.82, 2.24) is 0 Å². The van der Waals surface area contributed by atoms with Gasteiger partial charge in [0, 0.05) is 10.6 Å². The van der Waals surface area contributed by atoms with E-state index in [1.54, 1.807) is 17.8 Å². The highest BCUT2D eigenvalue weighted by Gasteiger charge is 2.22.